The summed E-state index contributed by atoms with van der Waals surface area (Å²) in [6.07, 6.45) is 0.120. The van der Waals surface area contributed by atoms with Crippen molar-refractivity contribution < 1.29 is 14.0 Å². The molecule has 0 amide bonds. The molecule has 3 nitrogen and oxygen atoms in total. The van der Waals surface area contributed by atoms with E-state index in [1.165, 1.54) is 10.6 Å². The molecule has 0 aliphatic heterocycles. The second-order valence-corrected chi connectivity index (χ2v) is 12.3. The Balaban J connectivity index is 2.34. The van der Waals surface area contributed by atoms with Gasteiger partial charge in [-0.3, -0.25) is 0 Å². The predicted octanol–water partition coefficient (Wildman–Crippen LogP) is 6.01. The highest BCUT2D eigenvalue weighted by molar-refractivity contribution is 8.01. The summed E-state index contributed by atoms with van der Waals surface area (Å²) in [6, 6.07) is 16.5. The zero-order valence-electron chi connectivity index (χ0n) is 18.9. The van der Waals surface area contributed by atoms with Crippen LogP contribution in [0.15, 0.2) is 48.5 Å². The van der Waals surface area contributed by atoms with Crippen LogP contribution in [0.25, 0.3) is 0 Å². The predicted molar refractivity (Wildman–Crippen MR) is 129 cm³/mol. The maximum absolute atomic E-state index is 6.80. The van der Waals surface area contributed by atoms with Crippen molar-refractivity contribution in [2.45, 2.75) is 57.6 Å². The summed E-state index contributed by atoms with van der Waals surface area (Å²) in [5.74, 6) is 2.24. The van der Waals surface area contributed by atoms with E-state index in [0.717, 1.165) is 11.5 Å². The number of thioether (sulfide) groups is 1. The highest BCUT2D eigenvalue weighted by Gasteiger charge is 2.30. The van der Waals surface area contributed by atoms with Gasteiger partial charge >= 0.3 is 0 Å². The fraction of sp³-hybridized carbons (Fsp3) is 0.500. The number of methoxy groups -OCH3 is 2. The molecular formula is C24H35O3PS. The summed E-state index contributed by atoms with van der Waals surface area (Å²) in [5, 5.41) is 2.78. The summed E-state index contributed by atoms with van der Waals surface area (Å²) >= 11 is 2.01. The van der Waals surface area contributed by atoms with Crippen LogP contribution < -0.4 is 20.1 Å². The molecule has 0 heterocycles. The van der Waals surface area contributed by atoms with E-state index in [1.54, 1.807) is 14.2 Å². The van der Waals surface area contributed by atoms with Crippen LogP contribution in [0.5, 0.6) is 11.5 Å². The quantitative estimate of drug-likeness (QED) is 0.452. The lowest BCUT2D eigenvalue weighted by molar-refractivity contribution is 0.227. The highest BCUT2D eigenvalue weighted by Crippen LogP contribution is 2.42. The largest absolute Gasteiger partial charge is 0.497 e. The molecule has 160 valence electrons. The molecule has 0 bridgehead atoms. The fourth-order valence-electron chi connectivity index (χ4n) is 3.11. The van der Waals surface area contributed by atoms with Crippen LogP contribution in [-0.2, 0) is 4.52 Å². The van der Waals surface area contributed by atoms with Gasteiger partial charge < -0.3 is 14.0 Å². The van der Waals surface area contributed by atoms with Gasteiger partial charge in [0.1, 0.15) is 11.5 Å². The number of rotatable bonds is 9. The normalized spacial score (nSPS) is 14.1. The van der Waals surface area contributed by atoms with Crippen molar-refractivity contribution in [3.8, 4) is 11.5 Å². The molecule has 5 heteroatoms. The number of ether oxygens (including phenoxy) is 2. The monoisotopic (exact) mass is 434 g/mol. The van der Waals surface area contributed by atoms with Gasteiger partial charge in [-0.05, 0) is 61.4 Å². The van der Waals surface area contributed by atoms with E-state index in [1.807, 2.05) is 36.0 Å². The van der Waals surface area contributed by atoms with Crippen LogP contribution in [0.2, 0.25) is 0 Å². The molecule has 0 aliphatic carbocycles. The van der Waals surface area contributed by atoms with Crippen LogP contribution >= 0.6 is 19.9 Å². The Morgan fingerprint density at radius 2 is 1.17 bits per heavy atom. The molecule has 0 spiro atoms. The topological polar surface area (TPSA) is 27.7 Å². The minimum absolute atomic E-state index is 0.120. The number of benzene rings is 2. The lowest BCUT2D eigenvalue weighted by atomic mass is 10.1. The van der Waals surface area contributed by atoms with Crippen molar-refractivity contribution in [3.05, 3.63) is 48.5 Å². The third-order valence-electron chi connectivity index (χ3n) is 4.49. The molecule has 2 rings (SSSR count). The molecule has 29 heavy (non-hydrogen) atoms. The van der Waals surface area contributed by atoms with Crippen molar-refractivity contribution in [2.75, 3.05) is 14.2 Å². The van der Waals surface area contributed by atoms with E-state index >= 15 is 0 Å². The van der Waals surface area contributed by atoms with Crippen molar-refractivity contribution in [2.24, 2.45) is 5.92 Å². The van der Waals surface area contributed by atoms with Crippen LogP contribution in [0, 0.1) is 5.92 Å². The standard InChI is InChI=1S/C24H35O3PS/c1-17(2)23(29-24(4,5)6)18(3)27-28(21-13-9-19(25-7)10-14-21)22-15-11-20(26-8)12-16-22/h9-18,23H,1-8H3/t18-,23+/m0/s1. The maximum Gasteiger partial charge on any atom is 0.118 e. The van der Waals surface area contributed by atoms with Crippen LogP contribution in [0.1, 0.15) is 41.5 Å². The van der Waals surface area contributed by atoms with Gasteiger partial charge in [0.05, 0.1) is 28.5 Å². The molecule has 0 aliphatic rings. The van der Waals surface area contributed by atoms with E-state index in [-0.39, 0.29) is 10.9 Å². The Hall–Kier alpha value is -1.22. The van der Waals surface area contributed by atoms with E-state index in [4.69, 9.17) is 14.0 Å². The molecule has 2 aromatic carbocycles. The van der Waals surface area contributed by atoms with Crippen LogP contribution in [0.3, 0.4) is 0 Å². The Morgan fingerprint density at radius 3 is 1.48 bits per heavy atom. The summed E-state index contributed by atoms with van der Waals surface area (Å²) in [4.78, 5) is 0. The molecule has 0 fully saturated rings. The molecule has 2 atom stereocenters. The van der Waals surface area contributed by atoms with Crippen LogP contribution in [-0.4, -0.2) is 30.3 Å². The first kappa shape index (κ1) is 24.1. The number of hydrogen-bond donors (Lipinski definition) is 0. The summed E-state index contributed by atoms with van der Waals surface area (Å²) < 4.78 is 17.7. The van der Waals surface area contributed by atoms with Crippen molar-refractivity contribution in [3.63, 3.8) is 0 Å². The maximum atomic E-state index is 6.80. The van der Waals surface area contributed by atoms with Gasteiger partial charge in [0.2, 0.25) is 0 Å². The molecule has 0 unspecified atom stereocenters. The van der Waals surface area contributed by atoms with E-state index in [0.29, 0.717) is 11.2 Å². The van der Waals surface area contributed by atoms with Crippen LogP contribution in [0.4, 0.5) is 0 Å². The van der Waals surface area contributed by atoms with Gasteiger partial charge in [-0.25, -0.2) is 0 Å². The third kappa shape index (κ3) is 7.20. The minimum atomic E-state index is -0.948. The molecule has 0 aromatic heterocycles. The molecule has 0 N–H and O–H groups in total. The minimum Gasteiger partial charge on any atom is -0.497 e. The first-order chi connectivity index (χ1) is 13.6. The molecular weight excluding hydrogens is 399 g/mol. The highest BCUT2D eigenvalue weighted by atomic mass is 32.2. The van der Waals surface area contributed by atoms with Gasteiger partial charge in [-0.2, -0.15) is 0 Å². The van der Waals surface area contributed by atoms with E-state index in [9.17, 15) is 0 Å². The second-order valence-electron chi connectivity index (χ2n) is 8.44. The molecule has 2 aromatic rings. The molecule has 0 saturated heterocycles. The average Bonchev–Trinajstić information content (AvgIpc) is 2.69. The lowest BCUT2D eigenvalue weighted by Crippen LogP contribution is -2.32. The van der Waals surface area contributed by atoms with E-state index in [2.05, 4.69) is 65.8 Å². The summed E-state index contributed by atoms with van der Waals surface area (Å²) in [5.41, 5.74) is 0. The zero-order chi connectivity index (χ0) is 21.6. The van der Waals surface area contributed by atoms with E-state index < -0.39 is 8.15 Å². The Kier molecular flexibility index (Phi) is 8.88. The third-order valence-corrected chi connectivity index (χ3v) is 8.48. The Labute approximate surface area is 182 Å². The Bertz CT molecular complexity index is 691. The Morgan fingerprint density at radius 1 is 0.759 bits per heavy atom. The summed E-state index contributed by atoms with van der Waals surface area (Å²) in [6.45, 7) is 13.6. The van der Waals surface area contributed by atoms with Crippen molar-refractivity contribution >= 4 is 30.5 Å². The SMILES string of the molecule is COc1ccc(P(O[C@@H](C)[C@H](SC(C)(C)C)C(C)C)c2ccc(OC)cc2)cc1. The zero-order valence-corrected chi connectivity index (χ0v) is 20.6. The lowest BCUT2D eigenvalue weighted by Gasteiger charge is -2.34. The fourth-order valence-corrected chi connectivity index (χ4v) is 6.38. The van der Waals surface area contributed by atoms with Gasteiger partial charge in [0, 0.05) is 20.6 Å². The smallest absolute Gasteiger partial charge is 0.118 e. The first-order valence-corrected chi connectivity index (χ1v) is 12.2. The average molecular weight is 435 g/mol. The van der Waals surface area contributed by atoms with Gasteiger partial charge in [0.25, 0.3) is 0 Å². The summed E-state index contributed by atoms with van der Waals surface area (Å²) in [7, 11) is 2.43. The van der Waals surface area contributed by atoms with Gasteiger partial charge in [-0.15, -0.1) is 11.8 Å². The second kappa shape index (κ2) is 10.7. The molecule has 0 radical (unpaired) electrons. The van der Waals surface area contributed by atoms with Gasteiger partial charge in [0.15, 0.2) is 0 Å². The number of hydrogen-bond acceptors (Lipinski definition) is 4. The van der Waals surface area contributed by atoms with Crippen molar-refractivity contribution in [1.29, 1.82) is 0 Å². The molecule has 0 saturated carbocycles. The first-order valence-electron chi connectivity index (χ1n) is 10.1. The van der Waals surface area contributed by atoms with Gasteiger partial charge in [-0.1, -0.05) is 34.6 Å². The van der Waals surface area contributed by atoms with Crippen molar-refractivity contribution in [1.82, 2.24) is 0 Å².